The van der Waals surface area contributed by atoms with E-state index >= 15 is 0 Å². The maximum absolute atomic E-state index is 9.59. The van der Waals surface area contributed by atoms with Crippen LogP contribution < -0.4 is 15.5 Å². The molecule has 8 nitrogen and oxygen atoms in total. The quantitative estimate of drug-likeness (QED) is 0.556. The van der Waals surface area contributed by atoms with E-state index in [1.165, 1.54) is 19.1 Å². The first-order valence-corrected chi connectivity index (χ1v) is 10.5. The lowest BCUT2D eigenvalue weighted by Gasteiger charge is -2.33. The number of nitriles is 1. The molecule has 2 bridgehead atoms. The zero-order valence-electron chi connectivity index (χ0n) is 17.3. The number of allylic oxidation sites excluding steroid dienone is 1. The molecule has 3 aromatic rings. The SMILES string of the molecule is CN/C=C(\C=N)c1cc(-c2ccc(N3CC4CCC(C3)N4)nc2)c2c(C#N)cnn2c1. The Morgan fingerprint density at radius 1 is 1.29 bits per heavy atom. The van der Waals surface area contributed by atoms with E-state index in [1.807, 2.05) is 18.5 Å². The molecule has 156 valence electrons. The molecule has 0 amide bonds. The predicted octanol–water partition coefficient (Wildman–Crippen LogP) is 2.42. The molecule has 31 heavy (non-hydrogen) atoms. The molecule has 2 saturated heterocycles. The zero-order chi connectivity index (χ0) is 21.4. The highest BCUT2D eigenvalue weighted by molar-refractivity contribution is 6.08. The van der Waals surface area contributed by atoms with Crippen molar-refractivity contribution in [1.29, 1.82) is 10.7 Å². The molecule has 2 aliphatic heterocycles. The van der Waals surface area contributed by atoms with Gasteiger partial charge in [-0.25, -0.2) is 9.50 Å². The maximum atomic E-state index is 9.59. The Bertz CT molecular complexity index is 1190. The third-order valence-electron chi connectivity index (χ3n) is 6.12. The lowest BCUT2D eigenvalue weighted by molar-refractivity contribution is 0.463. The van der Waals surface area contributed by atoms with Crippen molar-refractivity contribution in [3.05, 3.63) is 54.1 Å². The minimum absolute atomic E-state index is 0.512. The van der Waals surface area contributed by atoms with Crippen molar-refractivity contribution in [2.45, 2.75) is 24.9 Å². The van der Waals surface area contributed by atoms with Gasteiger partial charge in [-0.1, -0.05) is 0 Å². The number of hydrogen-bond donors (Lipinski definition) is 3. The van der Waals surface area contributed by atoms with Gasteiger partial charge >= 0.3 is 0 Å². The number of pyridine rings is 2. The molecule has 0 spiro atoms. The average molecular weight is 413 g/mol. The Hall–Kier alpha value is -3.70. The van der Waals surface area contributed by atoms with Crippen LogP contribution in [0.1, 0.15) is 24.0 Å². The molecule has 5 heterocycles. The summed E-state index contributed by atoms with van der Waals surface area (Å²) >= 11 is 0. The number of rotatable bonds is 5. The van der Waals surface area contributed by atoms with Crippen molar-refractivity contribution < 1.29 is 0 Å². The van der Waals surface area contributed by atoms with Gasteiger partial charge < -0.3 is 20.9 Å². The summed E-state index contributed by atoms with van der Waals surface area (Å²) in [6.45, 7) is 1.97. The normalized spacial score (nSPS) is 20.6. The van der Waals surface area contributed by atoms with Gasteiger partial charge in [0.15, 0.2) is 0 Å². The van der Waals surface area contributed by atoms with E-state index in [9.17, 15) is 5.26 Å². The van der Waals surface area contributed by atoms with Gasteiger partial charge in [0.05, 0.1) is 17.3 Å². The van der Waals surface area contributed by atoms with Gasteiger partial charge in [0, 0.05) is 79.3 Å². The molecule has 3 N–H and O–H groups in total. The van der Waals surface area contributed by atoms with Gasteiger partial charge in [-0.15, -0.1) is 0 Å². The Balaban J connectivity index is 1.57. The minimum Gasteiger partial charge on any atom is -0.393 e. The minimum atomic E-state index is 0.512. The van der Waals surface area contributed by atoms with Crippen LogP contribution >= 0.6 is 0 Å². The molecule has 2 atom stereocenters. The molecular weight excluding hydrogens is 388 g/mol. The van der Waals surface area contributed by atoms with Crippen LogP contribution in [0.2, 0.25) is 0 Å². The highest BCUT2D eigenvalue weighted by Gasteiger charge is 2.32. The summed E-state index contributed by atoms with van der Waals surface area (Å²) < 4.78 is 1.71. The van der Waals surface area contributed by atoms with Crippen molar-refractivity contribution in [2.24, 2.45) is 0 Å². The summed E-state index contributed by atoms with van der Waals surface area (Å²) in [4.78, 5) is 7.12. The number of nitrogens with one attached hydrogen (secondary N) is 3. The summed E-state index contributed by atoms with van der Waals surface area (Å²) in [6, 6.07) is 9.47. The summed E-state index contributed by atoms with van der Waals surface area (Å²) in [5.41, 5.74) is 4.60. The van der Waals surface area contributed by atoms with Crippen LogP contribution in [0, 0.1) is 16.7 Å². The second kappa shape index (κ2) is 7.85. The Morgan fingerprint density at radius 2 is 2.10 bits per heavy atom. The van der Waals surface area contributed by atoms with Crippen LogP contribution in [0.3, 0.4) is 0 Å². The number of anilines is 1. The fourth-order valence-electron chi connectivity index (χ4n) is 4.66. The van der Waals surface area contributed by atoms with E-state index in [2.05, 4.69) is 38.8 Å². The number of piperazine rings is 1. The first-order chi connectivity index (χ1) is 15.2. The monoisotopic (exact) mass is 412 g/mol. The van der Waals surface area contributed by atoms with Gasteiger partial charge in [-0.05, 0) is 31.0 Å². The van der Waals surface area contributed by atoms with E-state index in [0.29, 0.717) is 17.6 Å². The molecule has 2 fully saturated rings. The Kier molecular flexibility index (Phi) is 4.88. The highest BCUT2D eigenvalue weighted by Crippen LogP contribution is 2.31. The third kappa shape index (κ3) is 3.43. The molecular formula is C23H24N8. The van der Waals surface area contributed by atoms with Crippen molar-refractivity contribution >= 4 is 23.1 Å². The molecule has 8 heteroatoms. The number of fused-ring (bicyclic) bond motifs is 3. The maximum Gasteiger partial charge on any atom is 0.128 e. The fourth-order valence-corrected chi connectivity index (χ4v) is 4.66. The molecule has 0 aliphatic carbocycles. The van der Waals surface area contributed by atoms with Crippen molar-refractivity contribution in [2.75, 3.05) is 25.0 Å². The molecule has 3 aromatic heterocycles. The molecule has 2 unspecified atom stereocenters. The van der Waals surface area contributed by atoms with Crippen molar-refractivity contribution in [3.8, 4) is 17.2 Å². The zero-order valence-corrected chi connectivity index (χ0v) is 17.3. The van der Waals surface area contributed by atoms with Crippen LogP contribution in [0.15, 0.2) is 43.0 Å². The lowest BCUT2D eigenvalue weighted by atomic mass is 10.0. The highest BCUT2D eigenvalue weighted by atomic mass is 15.3. The van der Waals surface area contributed by atoms with E-state index in [1.54, 1.807) is 24.0 Å². The molecule has 2 aliphatic rings. The molecule has 0 aromatic carbocycles. The summed E-state index contributed by atoms with van der Waals surface area (Å²) in [7, 11) is 1.80. The van der Waals surface area contributed by atoms with Crippen LogP contribution in [-0.4, -0.2) is 53.0 Å². The van der Waals surface area contributed by atoms with Gasteiger partial charge in [0.1, 0.15) is 11.9 Å². The second-order valence-corrected chi connectivity index (χ2v) is 8.09. The number of nitrogens with zero attached hydrogens (tertiary/aromatic N) is 5. The molecule has 5 rings (SSSR count). The number of hydrogen-bond acceptors (Lipinski definition) is 7. The van der Waals surface area contributed by atoms with Crippen LogP contribution in [0.4, 0.5) is 5.82 Å². The second-order valence-electron chi connectivity index (χ2n) is 8.09. The van der Waals surface area contributed by atoms with Gasteiger partial charge in [0.2, 0.25) is 0 Å². The third-order valence-corrected chi connectivity index (χ3v) is 6.12. The predicted molar refractivity (Wildman–Crippen MR) is 121 cm³/mol. The lowest BCUT2D eigenvalue weighted by Crippen LogP contribution is -2.51. The van der Waals surface area contributed by atoms with Crippen LogP contribution in [-0.2, 0) is 0 Å². The van der Waals surface area contributed by atoms with E-state index in [-0.39, 0.29) is 0 Å². The molecule has 0 radical (unpaired) electrons. The summed E-state index contributed by atoms with van der Waals surface area (Å²) in [5, 5.41) is 28.3. The van der Waals surface area contributed by atoms with E-state index in [4.69, 9.17) is 10.4 Å². The van der Waals surface area contributed by atoms with E-state index in [0.717, 1.165) is 46.7 Å². The largest absolute Gasteiger partial charge is 0.393 e. The average Bonchev–Trinajstić information content (AvgIpc) is 3.38. The van der Waals surface area contributed by atoms with Gasteiger partial charge in [0.25, 0.3) is 0 Å². The number of aromatic nitrogens is 3. The van der Waals surface area contributed by atoms with Crippen LogP contribution in [0.25, 0.3) is 22.2 Å². The Morgan fingerprint density at radius 3 is 2.74 bits per heavy atom. The smallest absolute Gasteiger partial charge is 0.128 e. The van der Waals surface area contributed by atoms with Gasteiger partial charge in [-0.2, -0.15) is 10.4 Å². The summed E-state index contributed by atoms with van der Waals surface area (Å²) in [6.07, 6.45) is 10.8. The topological polar surface area (TPSA) is 105 Å². The first kappa shape index (κ1) is 19.3. The first-order valence-electron chi connectivity index (χ1n) is 10.5. The molecule has 0 saturated carbocycles. The fraction of sp³-hybridized carbons (Fsp3) is 0.304. The Labute approximate surface area is 180 Å². The van der Waals surface area contributed by atoms with Crippen LogP contribution in [0.5, 0.6) is 0 Å². The van der Waals surface area contributed by atoms with Crippen molar-refractivity contribution in [1.82, 2.24) is 25.2 Å². The summed E-state index contributed by atoms with van der Waals surface area (Å²) in [5.74, 6) is 0.985. The standard InChI is InChI=1S/C23H24N8/c1-26-9-17(7-24)16-6-21(23-18(8-25)11-28-31(23)12-16)15-2-5-22(27-10-15)30-13-19-3-4-20(14-30)29-19/h2,5-7,9-12,19-20,24,26,29H,3-4,13-14H2,1H3/b17-9+,24-7?. The van der Waals surface area contributed by atoms with E-state index < -0.39 is 0 Å². The van der Waals surface area contributed by atoms with Gasteiger partial charge in [-0.3, -0.25) is 0 Å². The van der Waals surface area contributed by atoms with Crippen molar-refractivity contribution in [3.63, 3.8) is 0 Å².